The SMILES string of the molecule is c1ccc(-c2nc(-c3ccccc3)nc(-c3ccc4c(ccc5ccc6c(nc(-c7ccccc7)n6-c6ccccc6)c54)c3)n2)cc1. The molecule has 0 fully saturated rings. The lowest BCUT2D eigenvalue weighted by molar-refractivity contribution is 1.07. The van der Waals surface area contributed by atoms with Gasteiger partial charge in [0.2, 0.25) is 0 Å². The summed E-state index contributed by atoms with van der Waals surface area (Å²) in [6.07, 6.45) is 0. The van der Waals surface area contributed by atoms with Crippen molar-refractivity contribution in [1.29, 1.82) is 0 Å². The molecule has 9 aromatic rings. The molecule has 5 heteroatoms. The quantitative estimate of drug-likeness (QED) is 0.184. The highest BCUT2D eigenvalue weighted by atomic mass is 15.1. The van der Waals surface area contributed by atoms with Crippen LogP contribution < -0.4 is 0 Å². The lowest BCUT2D eigenvalue weighted by atomic mass is 9.98. The Morgan fingerprint density at radius 3 is 1.51 bits per heavy atom. The number of nitrogens with zero attached hydrogens (tertiary/aromatic N) is 5. The number of hydrogen-bond acceptors (Lipinski definition) is 4. The molecule has 0 aliphatic rings. The number of imidazole rings is 1. The van der Waals surface area contributed by atoms with E-state index < -0.39 is 0 Å². The number of para-hydroxylation sites is 1. The molecule has 5 nitrogen and oxygen atoms in total. The zero-order valence-electron chi connectivity index (χ0n) is 25.3. The van der Waals surface area contributed by atoms with Gasteiger partial charge in [0, 0.05) is 33.3 Å². The van der Waals surface area contributed by atoms with Gasteiger partial charge in [0.25, 0.3) is 0 Å². The van der Waals surface area contributed by atoms with Crippen LogP contribution in [0.4, 0.5) is 0 Å². The van der Waals surface area contributed by atoms with Gasteiger partial charge in [0.1, 0.15) is 5.82 Å². The summed E-state index contributed by atoms with van der Waals surface area (Å²) >= 11 is 0. The van der Waals surface area contributed by atoms with E-state index in [4.69, 9.17) is 19.9 Å². The third-order valence-corrected chi connectivity index (χ3v) is 8.63. The Morgan fingerprint density at radius 2 is 0.894 bits per heavy atom. The minimum Gasteiger partial charge on any atom is -0.292 e. The van der Waals surface area contributed by atoms with Crippen LogP contribution >= 0.6 is 0 Å². The van der Waals surface area contributed by atoms with Crippen LogP contribution in [-0.2, 0) is 0 Å². The number of fused-ring (bicyclic) bond motifs is 5. The Bertz CT molecular complexity index is 2490. The van der Waals surface area contributed by atoms with E-state index in [9.17, 15) is 0 Å². The molecule has 0 atom stereocenters. The van der Waals surface area contributed by atoms with Gasteiger partial charge in [0.15, 0.2) is 17.5 Å². The molecule has 0 amide bonds. The fourth-order valence-corrected chi connectivity index (χ4v) is 6.39. The summed E-state index contributed by atoms with van der Waals surface area (Å²) in [4.78, 5) is 20.1. The van der Waals surface area contributed by atoms with E-state index in [1.807, 2.05) is 72.8 Å². The summed E-state index contributed by atoms with van der Waals surface area (Å²) in [6, 6.07) is 56.2. The van der Waals surface area contributed by atoms with Gasteiger partial charge in [-0.15, -0.1) is 0 Å². The van der Waals surface area contributed by atoms with E-state index in [2.05, 4.69) is 95.6 Å². The number of aromatic nitrogens is 5. The maximum Gasteiger partial charge on any atom is 0.164 e. The molecular weight excluding hydrogens is 574 g/mol. The van der Waals surface area contributed by atoms with Crippen molar-refractivity contribution in [3.05, 3.63) is 164 Å². The van der Waals surface area contributed by atoms with Crippen molar-refractivity contribution in [1.82, 2.24) is 24.5 Å². The molecule has 0 saturated carbocycles. The number of rotatable bonds is 5. The predicted molar refractivity (Wildman–Crippen MR) is 191 cm³/mol. The van der Waals surface area contributed by atoms with E-state index in [1.165, 1.54) is 0 Å². The van der Waals surface area contributed by atoms with Crippen LogP contribution in [0.2, 0.25) is 0 Å². The van der Waals surface area contributed by atoms with Crippen LogP contribution in [0.15, 0.2) is 164 Å². The molecule has 2 heterocycles. The Balaban J connectivity index is 1.26. The first-order valence-electron chi connectivity index (χ1n) is 15.7. The van der Waals surface area contributed by atoms with Gasteiger partial charge in [0.05, 0.1) is 11.0 Å². The van der Waals surface area contributed by atoms with Crippen LogP contribution in [-0.4, -0.2) is 24.5 Å². The molecule has 47 heavy (non-hydrogen) atoms. The molecule has 0 spiro atoms. The molecule has 0 saturated heterocycles. The molecule has 0 unspecified atom stereocenters. The van der Waals surface area contributed by atoms with Crippen LogP contribution in [0.5, 0.6) is 0 Å². The van der Waals surface area contributed by atoms with Crippen molar-refractivity contribution >= 4 is 32.6 Å². The van der Waals surface area contributed by atoms with Crippen molar-refractivity contribution in [3.8, 4) is 51.2 Å². The van der Waals surface area contributed by atoms with Gasteiger partial charge in [-0.25, -0.2) is 19.9 Å². The largest absolute Gasteiger partial charge is 0.292 e. The van der Waals surface area contributed by atoms with E-state index >= 15 is 0 Å². The van der Waals surface area contributed by atoms with Crippen LogP contribution in [0.25, 0.3) is 83.8 Å². The number of hydrogen-bond donors (Lipinski definition) is 0. The highest BCUT2D eigenvalue weighted by Gasteiger charge is 2.18. The first-order valence-corrected chi connectivity index (χ1v) is 15.7. The topological polar surface area (TPSA) is 56.5 Å². The second-order valence-electron chi connectivity index (χ2n) is 11.5. The lowest BCUT2D eigenvalue weighted by Crippen LogP contribution is -2.00. The Kier molecular flexibility index (Phi) is 6.39. The summed E-state index contributed by atoms with van der Waals surface area (Å²) in [7, 11) is 0. The first-order chi connectivity index (χ1) is 23.3. The maximum absolute atomic E-state index is 5.34. The van der Waals surface area contributed by atoms with Gasteiger partial charge in [-0.1, -0.05) is 140 Å². The van der Waals surface area contributed by atoms with Gasteiger partial charge in [-0.05, 0) is 40.4 Å². The van der Waals surface area contributed by atoms with Crippen molar-refractivity contribution in [2.45, 2.75) is 0 Å². The summed E-state index contributed by atoms with van der Waals surface area (Å²) in [5.41, 5.74) is 7.02. The zero-order chi connectivity index (χ0) is 31.2. The molecule has 0 aliphatic heterocycles. The smallest absolute Gasteiger partial charge is 0.164 e. The van der Waals surface area contributed by atoms with E-state index in [0.717, 1.165) is 66.3 Å². The monoisotopic (exact) mass is 601 g/mol. The molecule has 0 radical (unpaired) electrons. The zero-order valence-corrected chi connectivity index (χ0v) is 25.3. The molecule has 0 bridgehead atoms. The molecular formula is C42H27N5. The Morgan fingerprint density at radius 1 is 0.383 bits per heavy atom. The van der Waals surface area contributed by atoms with E-state index in [1.54, 1.807) is 0 Å². The molecule has 0 aliphatic carbocycles. The minimum atomic E-state index is 0.637. The van der Waals surface area contributed by atoms with Gasteiger partial charge >= 0.3 is 0 Å². The lowest BCUT2D eigenvalue weighted by Gasteiger charge is -2.11. The fraction of sp³-hybridized carbons (Fsp3) is 0. The normalized spacial score (nSPS) is 11.4. The third-order valence-electron chi connectivity index (χ3n) is 8.63. The Hall–Kier alpha value is -6.46. The van der Waals surface area contributed by atoms with Gasteiger partial charge in [-0.3, -0.25) is 4.57 Å². The van der Waals surface area contributed by atoms with Crippen LogP contribution in [0.1, 0.15) is 0 Å². The standard InChI is InChI=1S/C42H27N5/c1-5-13-29(14-6-1)39-44-40(30-15-7-2-8-16-30)46-41(45-39)33-23-25-35-32(27-33)22-21-28-24-26-36-38(37(28)35)43-42(31-17-9-3-10-18-31)47(36)34-19-11-4-12-20-34/h1-27H. The Labute approximate surface area is 271 Å². The summed E-state index contributed by atoms with van der Waals surface area (Å²) in [5.74, 6) is 2.85. The highest BCUT2D eigenvalue weighted by Crippen LogP contribution is 2.37. The maximum atomic E-state index is 5.34. The molecule has 7 aromatic carbocycles. The predicted octanol–water partition coefficient (Wildman–Crippen LogP) is 10.2. The second-order valence-corrected chi connectivity index (χ2v) is 11.5. The van der Waals surface area contributed by atoms with Crippen molar-refractivity contribution in [2.75, 3.05) is 0 Å². The van der Waals surface area contributed by atoms with Crippen molar-refractivity contribution < 1.29 is 0 Å². The third kappa shape index (κ3) is 4.73. The van der Waals surface area contributed by atoms with Crippen LogP contribution in [0.3, 0.4) is 0 Å². The average molecular weight is 602 g/mol. The van der Waals surface area contributed by atoms with E-state index in [-0.39, 0.29) is 0 Å². The summed E-state index contributed by atoms with van der Waals surface area (Å²) < 4.78 is 2.26. The van der Waals surface area contributed by atoms with Gasteiger partial charge < -0.3 is 0 Å². The summed E-state index contributed by atoms with van der Waals surface area (Å²) in [5, 5.41) is 4.51. The van der Waals surface area contributed by atoms with Crippen LogP contribution in [0, 0.1) is 0 Å². The second kappa shape index (κ2) is 11.2. The van der Waals surface area contributed by atoms with Crippen molar-refractivity contribution in [3.63, 3.8) is 0 Å². The molecule has 220 valence electrons. The van der Waals surface area contributed by atoms with Gasteiger partial charge in [-0.2, -0.15) is 0 Å². The molecule has 2 aromatic heterocycles. The van der Waals surface area contributed by atoms with Crippen molar-refractivity contribution in [2.24, 2.45) is 0 Å². The highest BCUT2D eigenvalue weighted by molar-refractivity contribution is 6.19. The average Bonchev–Trinajstić information content (AvgIpc) is 3.56. The molecule has 9 rings (SSSR count). The summed E-state index contributed by atoms with van der Waals surface area (Å²) in [6.45, 7) is 0. The number of benzene rings is 7. The fourth-order valence-electron chi connectivity index (χ4n) is 6.39. The molecule has 0 N–H and O–H groups in total. The first kappa shape index (κ1) is 26.9. The minimum absolute atomic E-state index is 0.637. The van der Waals surface area contributed by atoms with E-state index in [0.29, 0.717) is 17.5 Å².